The molecule has 0 aliphatic rings. The van der Waals surface area contributed by atoms with Crippen molar-refractivity contribution in [1.82, 2.24) is 0 Å². The molecule has 0 fully saturated rings. The Kier molecular flexibility index (Phi) is 3.93. The minimum atomic E-state index is 0.142. The van der Waals surface area contributed by atoms with Gasteiger partial charge in [0.15, 0.2) is 0 Å². The maximum Gasteiger partial charge on any atom is 0.0991 e. The van der Waals surface area contributed by atoms with Crippen LogP contribution in [0.1, 0.15) is 31.9 Å². The van der Waals surface area contributed by atoms with Crippen LogP contribution in [0, 0.1) is 11.3 Å². The molecule has 0 atom stereocenters. The molecule has 78 valence electrons. The summed E-state index contributed by atoms with van der Waals surface area (Å²) in [5, 5.41) is 8.62. The quantitative estimate of drug-likeness (QED) is 0.563. The van der Waals surface area contributed by atoms with Crippen molar-refractivity contribution in [3.05, 3.63) is 35.4 Å². The van der Waals surface area contributed by atoms with Gasteiger partial charge < -0.3 is 0 Å². The zero-order valence-electron chi connectivity index (χ0n) is 9.19. The topological polar surface area (TPSA) is 36.1 Å². The Balaban J connectivity index is 2.62. The molecule has 0 saturated carbocycles. The van der Waals surface area contributed by atoms with Crippen LogP contribution in [0.5, 0.6) is 0 Å². The summed E-state index contributed by atoms with van der Waals surface area (Å²) < 4.78 is 4.42. The van der Waals surface area contributed by atoms with Crippen molar-refractivity contribution in [3.8, 4) is 6.07 Å². The summed E-state index contributed by atoms with van der Waals surface area (Å²) in [5.74, 6) is 0. The van der Waals surface area contributed by atoms with Crippen molar-refractivity contribution >= 4 is 18.2 Å². The molecule has 0 bridgehead atoms. The third-order valence-corrected chi connectivity index (χ3v) is 2.33. The lowest BCUT2D eigenvalue weighted by atomic mass is 10.2. The van der Waals surface area contributed by atoms with E-state index in [2.05, 4.69) is 31.2 Å². The Morgan fingerprint density at radius 2 is 1.87 bits per heavy atom. The number of benzene rings is 1. The highest BCUT2D eigenvalue weighted by Crippen LogP contribution is 2.23. The molecule has 1 aromatic carbocycles. The molecule has 1 aromatic rings. The van der Waals surface area contributed by atoms with Crippen molar-refractivity contribution in [3.63, 3.8) is 0 Å². The first kappa shape index (κ1) is 11.8. The molecule has 0 saturated heterocycles. The second kappa shape index (κ2) is 4.99. The summed E-state index contributed by atoms with van der Waals surface area (Å²) >= 11 is 1.54. The van der Waals surface area contributed by atoms with Crippen LogP contribution in [0.4, 0.5) is 0 Å². The van der Waals surface area contributed by atoms with Gasteiger partial charge in [-0.2, -0.15) is 5.26 Å². The SMILES string of the molecule is CC(C)(C)SN=Cc1ccc(C#N)cc1. The number of rotatable bonds is 2. The van der Waals surface area contributed by atoms with Gasteiger partial charge in [0.1, 0.15) is 0 Å². The van der Waals surface area contributed by atoms with Crippen molar-refractivity contribution in [2.75, 3.05) is 0 Å². The molecule has 0 heterocycles. The van der Waals surface area contributed by atoms with Gasteiger partial charge in [0.05, 0.1) is 11.6 Å². The predicted molar refractivity (Wildman–Crippen MR) is 66.1 cm³/mol. The molecule has 0 amide bonds. The minimum Gasteiger partial charge on any atom is -0.223 e. The first-order chi connectivity index (χ1) is 7.01. The molecular formula is C12H14N2S. The Morgan fingerprint density at radius 1 is 1.27 bits per heavy atom. The summed E-state index contributed by atoms with van der Waals surface area (Å²) in [6.45, 7) is 6.36. The van der Waals surface area contributed by atoms with Crippen LogP contribution in [0.25, 0.3) is 0 Å². The van der Waals surface area contributed by atoms with Crippen LogP contribution in [-0.2, 0) is 0 Å². The molecule has 0 unspecified atom stereocenters. The van der Waals surface area contributed by atoms with Crippen LogP contribution in [0.3, 0.4) is 0 Å². The zero-order chi connectivity index (χ0) is 11.3. The van der Waals surface area contributed by atoms with Crippen LogP contribution in [0.2, 0.25) is 0 Å². The summed E-state index contributed by atoms with van der Waals surface area (Å²) in [4.78, 5) is 0. The normalized spacial score (nSPS) is 11.6. The number of nitrogens with zero attached hydrogens (tertiary/aromatic N) is 2. The van der Waals surface area contributed by atoms with Crippen LogP contribution >= 0.6 is 11.9 Å². The van der Waals surface area contributed by atoms with Crippen molar-refractivity contribution in [1.29, 1.82) is 5.26 Å². The van der Waals surface area contributed by atoms with E-state index in [0.29, 0.717) is 5.56 Å². The third kappa shape index (κ3) is 4.66. The van der Waals surface area contributed by atoms with E-state index in [4.69, 9.17) is 5.26 Å². The highest BCUT2D eigenvalue weighted by molar-refractivity contribution is 7.99. The Morgan fingerprint density at radius 3 is 2.33 bits per heavy atom. The fourth-order valence-corrected chi connectivity index (χ4v) is 1.38. The van der Waals surface area contributed by atoms with E-state index in [1.54, 1.807) is 24.1 Å². The minimum absolute atomic E-state index is 0.142. The van der Waals surface area contributed by atoms with E-state index >= 15 is 0 Å². The summed E-state index contributed by atoms with van der Waals surface area (Å²) in [5.41, 5.74) is 1.70. The molecule has 3 heteroatoms. The van der Waals surface area contributed by atoms with E-state index in [1.165, 1.54) is 0 Å². The highest BCUT2D eigenvalue weighted by atomic mass is 32.2. The predicted octanol–water partition coefficient (Wildman–Crippen LogP) is 3.42. The summed E-state index contributed by atoms with van der Waals surface area (Å²) in [6.07, 6.45) is 1.82. The van der Waals surface area contributed by atoms with Gasteiger partial charge >= 0.3 is 0 Å². The molecular weight excluding hydrogens is 204 g/mol. The van der Waals surface area contributed by atoms with Crippen LogP contribution < -0.4 is 0 Å². The molecule has 0 spiro atoms. The first-order valence-corrected chi connectivity index (χ1v) is 5.50. The fraction of sp³-hybridized carbons (Fsp3) is 0.333. The average molecular weight is 218 g/mol. The summed E-state index contributed by atoms with van der Waals surface area (Å²) in [7, 11) is 0. The van der Waals surface area contributed by atoms with Crippen molar-refractivity contribution in [2.45, 2.75) is 25.5 Å². The van der Waals surface area contributed by atoms with E-state index in [1.807, 2.05) is 18.3 Å². The lowest BCUT2D eigenvalue weighted by Crippen LogP contribution is -2.04. The van der Waals surface area contributed by atoms with Gasteiger partial charge in [-0.15, -0.1) is 0 Å². The van der Waals surface area contributed by atoms with Gasteiger partial charge in [0.2, 0.25) is 0 Å². The molecule has 0 aliphatic heterocycles. The van der Waals surface area contributed by atoms with Crippen molar-refractivity contribution < 1.29 is 0 Å². The second-order valence-corrected chi connectivity index (χ2v) is 5.79. The lowest BCUT2D eigenvalue weighted by molar-refractivity contribution is 0.804. The lowest BCUT2D eigenvalue weighted by Gasteiger charge is -2.11. The van der Waals surface area contributed by atoms with E-state index in [0.717, 1.165) is 5.56 Å². The monoisotopic (exact) mass is 218 g/mol. The van der Waals surface area contributed by atoms with Gasteiger partial charge in [-0.3, -0.25) is 0 Å². The van der Waals surface area contributed by atoms with Crippen LogP contribution in [-0.4, -0.2) is 11.0 Å². The Labute approximate surface area is 95.2 Å². The molecule has 2 nitrogen and oxygen atoms in total. The Hall–Kier alpha value is -1.27. The zero-order valence-corrected chi connectivity index (χ0v) is 10.0. The van der Waals surface area contributed by atoms with Gasteiger partial charge in [0, 0.05) is 11.0 Å². The number of hydrogen-bond acceptors (Lipinski definition) is 3. The first-order valence-electron chi connectivity index (χ1n) is 4.73. The van der Waals surface area contributed by atoms with Crippen molar-refractivity contribution in [2.24, 2.45) is 4.40 Å². The average Bonchev–Trinajstić information content (AvgIpc) is 2.17. The Bertz CT molecular complexity index is 380. The van der Waals surface area contributed by atoms with Gasteiger partial charge in [-0.25, -0.2) is 4.40 Å². The highest BCUT2D eigenvalue weighted by Gasteiger charge is 2.08. The molecule has 0 radical (unpaired) electrons. The maximum atomic E-state index is 8.62. The third-order valence-electron chi connectivity index (χ3n) is 1.57. The van der Waals surface area contributed by atoms with Crippen LogP contribution in [0.15, 0.2) is 28.7 Å². The van der Waals surface area contributed by atoms with E-state index in [-0.39, 0.29) is 4.75 Å². The maximum absolute atomic E-state index is 8.62. The second-order valence-electron chi connectivity index (χ2n) is 4.17. The summed E-state index contributed by atoms with van der Waals surface area (Å²) in [6, 6.07) is 9.46. The number of nitriles is 1. The number of hydrogen-bond donors (Lipinski definition) is 0. The largest absolute Gasteiger partial charge is 0.223 e. The van der Waals surface area contributed by atoms with Gasteiger partial charge in [0.25, 0.3) is 0 Å². The molecule has 1 rings (SSSR count). The van der Waals surface area contributed by atoms with Gasteiger partial charge in [-0.1, -0.05) is 12.1 Å². The van der Waals surface area contributed by atoms with E-state index in [9.17, 15) is 0 Å². The fourth-order valence-electron chi connectivity index (χ4n) is 0.889. The van der Waals surface area contributed by atoms with Gasteiger partial charge in [-0.05, 0) is 50.4 Å². The standard InChI is InChI=1S/C12H14N2S/c1-12(2,3)15-14-9-11-6-4-10(8-13)5-7-11/h4-7,9H,1-3H3. The molecule has 0 aliphatic carbocycles. The smallest absolute Gasteiger partial charge is 0.0991 e. The molecule has 0 aromatic heterocycles. The molecule has 0 N–H and O–H groups in total. The molecule has 15 heavy (non-hydrogen) atoms. The van der Waals surface area contributed by atoms with E-state index < -0.39 is 0 Å².